The van der Waals surface area contributed by atoms with E-state index in [1.165, 1.54) is 0 Å². The van der Waals surface area contributed by atoms with Crippen LogP contribution in [0.5, 0.6) is 17.2 Å². The Morgan fingerprint density at radius 3 is 2.26 bits per heavy atom. The molecule has 0 saturated heterocycles. The van der Waals surface area contributed by atoms with Gasteiger partial charge in [-0.1, -0.05) is 77.8 Å². The van der Waals surface area contributed by atoms with E-state index in [0.717, 1.165) is 44.8 Å². The van der Waals surface area contributed by atoms with Crippen LogP contribution in [-0.4, -0.2) is 6.21 Å². The Balaban J connectivity index is 1.40. The Labute approximate surface area is 214 Å². The standard InChI is InChI=1S/C30H21Cl2NO2/c31-23-12-10-22(29(32)18-23)20-34-30-17-11-21-6-4-5-9-27(21)28(30)19-33-24-13-15-26(16-14-24)35-25-7-2-1-3-8-25/h1-19H,20H2. The second-order valence-corrected chi connectivity index (χ2v) is 8.73. The van der Waals surface area contributed by atoms with Crippen molar-refractivity contribution in [2.24, 2.45) is 4.99 Å². The van der Waals surface area contributed by atoms with E-state index in [2.05, 4.69) is 12.1 Å². The van der Waals surface area contributed by atoms with Gasteiger partial charge >= 0.3 is 0 Å². The maximum Gasteiger partial charge on any atom is 0.129 e. The quantitative estimate of drug-likeness (QED) is 0.209. The number of aliphatic imine (C=N–C) groups is 1. The summed E-state index contributed by atoms with van der Waals surface area (Å²) in [5.41, 5.74) is 2.57. The van der Waals surface area contributed by atoms with Crippen molar-refractivity contribution in [3.63, 3.8) is 0 Å². The molecule has 172 valence electrons. The molecule has 0 N–H and O–H groups in total. The summed E-state index contributed by atoms with van der Waals surface area (Å²) in [6, 6.07) is 34.9. The minimum Gasteiger partial charge on any atom is -0.488 e. The van der Waals surface area contributed by atoms with Crippen LogP contribution in [0.15, 0.2) is 114 Å². The molecule has 5 aromatic carbocycles. The number of nitrogens with zero attached hydrogens (tertiary/aromatic N) is 1. The summed E-state index contributed by atoms with van der Waals surface area (Å²) in [6.07, 6.45) is 1.84. The molecular formula is C30H21Cl2NO2. The lowest BCUT2D eigenvalue weighted by Crippen LogP contribution is -2.00. The third-order valence-corrected chi connectivity index (χ3v) is 6.07. The number of hydrogen-bond donors (Lipinski definition) is 0. The molecule has 5 heteroatoms. The van der Waals surface area contributed by atoms with Gasteiger partial charge in [-0.3, -0.25) is 4.99 Å². The molecule has 0 spiro atoms. The summed E-state index contributed by atoms with van der Waals surface area (Å²) in [5, 5.41) is 3.33. The van der Waals surface area contributed by atoms with Gasteiger partial charge in [0.1, 0.15) is 23.9 Å². The lowest BCUT2D eigenvalue weighted by molar-refractivity contribution is 0.306. The van der Waals surface area contributed by atoms with Crippen LogP contribution in [-0.2, 0) is 6.61 Å². The first-order valence-corrected chi connectivity index (χ1v) is 11.9. The first-order chi connectivity index (χ1) is 17.2. The van der Waals surface area contributed by atoms with Crippen LogP contribution < -0.4 is 9.47 Å². The average Bonchev–Trinajstić information content (AvgIpc) is 2.88. The molecule has 0 aliphatic carbocycles. The molecule has 0 aromatic heterocycles. The molecule has 5 aromatic rings. The lowest BCUT2D eigenvalue weighted by atomic mass is 10.0. The van der Waals surface area contributed by atoms with Gasteiger partial charge in [-0.05, 0) is 65.4 Å². The Morgan fingerprint density at radius 2 is 1.46 bits per heavy atom. The van der Waals surface area contributed by atoms with Gasteiger partial charge in [-0.2, -0.15) is 0 Å². The van der Waals surface area contributed by atoms with Gasteiger partial charge < -0.3 is 9.47 Å². The highest BCUT2D eigenvalue weighted by Crippen LogP contribution is 2.30. The highest BCUT2D eigenvalue weighted by molar-refractivity contribution is 6.35. The zero-order valence-corrected chi connectivity index (χ0v) is 20.2. The lowest BCUT2D eigenvalue weighted by Gasteiger charge is -2.13. The van der Waals surface area contributed by atoms with Crippen molar-refractivity contribution >= 4 is 45.9 Å². The highest BCUT2D eigenvalue weighted by Gasteiger charge is 2.09. The molecule has 0 bridgehead atoms. The summed E-state index contributed by atoms with van der Waals surface area (Å²) in [6.45, 7) is 0.320. The number of fused-ring (bicyclic) bond motifs is 1. The van der Waals surface area contributed by atoms with E-state index in [4.69, 9.17) is 37.7 Å². The first-order valence-electron chi connectivity index (χ1n) is 11.1. The van der Waals surface area contributed by atoms with E-state index in [1.807, 2.05) is 91.1 Å². The molecule has 0 atom stereocenters. The molecule has 0 aliphatic heterocycles. The minimum absolute atomic E-state index is 0.320. The van der Waals surface area contributed by atoms with Crippen LogP contribution in [0.4, 0.5) is 5.69 Å². The average molecular weight is 498 g/mol. The maximum atomic E-state index is 6.33. The van der Waals surface area contributed by atoms with Gasteiger partial charge in [0.2, 0.25) is 0 Å². The number of rotatable bonds is 7. The summed E-state index contributed by atoms with van der Waals surface area (Å²) in [7, 11) is 0. The van der Waals surface area contributed by atoms with E-state index in [1.54, 1.807) is 12.1 Å². The van der Waals surface area contributed by atoms with E-state index < -0.39 is 0 Å². The molecule has 0 amide bonds. The van der Waals surface area contributed by atoms with Crippen molar-refractivity contribution in [1.29, 1.82) is 0 Å². The number of benzene rings is 5. The normalized spacial score (nSPS) is 11.1. The van der Waals surface area contributed by atoms with Gasteiger partial charge in [0.15, 0.2) is 0 Å². The summed E-state index contributed by atoms with van der Waals surface area (Å²) < 4.78 is 12.1. The topological polar surface area (TPSA) is 30.8 Å². The fourth-order valence-electron chi connectivity index (χ4n) is 3.69. The van der Waals surface area contributed by atoms with Gasteiger partial charge in [-0.15, -0.1) is 0 Å². The Morgan fingerprint density at radius 1 is 0.714 bits per heavy atom. The number of ether oxygens (including phenoxy) is 2. The molecule has 0 fully saturated rings. The fourth-order valence-corrected chi connectivity index (χ4v) is 4.16. The van der Waals surface area contributed by atoms with E-state index in [0.29, 0.717) is 16.7 Å². The predicted octanol–water partition coefficient (Wildman–Crippen LogP) is 9.27. The van der Waals surface area contributed by atoms with E-state index >= 15 is 0 Å². The molecule has 0 aliphatic rings. The maximum absolute atomic E-state index is 6.33. The predicted molar refractivity (Wildman–Crippen MR) is 145 cm³/mol. The summed E-state index contributed by atoms with van der Waals surface area (Å²) in [5.74, 6) is 2.27. The molecule has 3 nitrogen and oxygen atoms in total. The van der Waals surface area contributed by atoms with Gasteiger partial charge in [0.25, 0.3) is 0 Å². The second kappa shape index (κ2) is 10.6. The Hall–Kier alpha value is -3.79. The van der Waals surface area contributed by atoms with Gasteiger partial charge in [0, 0.05) is 27.4 Å². The van der Waals surface area contributed by atoms with Crippen molar-refractivity contribution in [2.45, 2.75) is 6.61 Å². The molecule has 0 saturated carbocycles. The van der Waals surface area contributed by atoms with Crippen molar-refractivity contribution in [3.8, 4) is 17.2 Å². The molecule has 35 heavy (non-hydrogen) atoms. The van der Waals surface area contributed by atoms with Crippen LogP contribution in [0.2, 0.25) is 10.0 Å². The van der Waals surface area contributed by atoms with E-state index in [9.17, 15) is 0 Å². The SMILES string of the molecule is Clc1ccc(COc2ccc3ccccc3c2C=Nc2ccc(Oc3ccccc3)cc2)c(Cl)c1. The van der Waals surface area contributed by atoms with Crippen LogP contribution >= 0.6 is 23.2 Å². The third-order valence-electron chi connectivity index (χ3n) is 5.49. The second-order valence-electron chi connectivity index (χ2n) is 7.89. The molecule has 5 rings (SSSR count). The van der Waals surface area contributed by atoms with Crippen molar-refractivity contribution < 1.29 is 9.47 Å². The number of para-hydroxylation sites is 1. The van der Waals surface area contributed by atoms with Gasteiger partial charge in [0.05, 0.1) is 5.69 Å². The monoisotopic (exact) mass is 497 g/mol. The van der Waals surface area contributed by atoms with Crippen LogP contribution in [0, 0.1) is 0 Å². The summed E-state index contributed by atoms with van der Waals surface area (Å²) >= 11 is 12.4. The minimum atomic E-state index is 0.320. The third kappa shape index (κ3) is 5.65. The highest BCUT2D eigenvalue weighted by atomic mass is 35.5. The molecule has 0 radical (unpaired) electrons. The fraction of sp³-hybridized carbons (Fsp3) is 0.0333. The largest absolute Gasteiger partial charge is 0.488 e. The number of hydrogen-bond acceptors (Lipinski definition) is 3. The molecule has 0 heterocycles. The van der Waals surface area contributed by atoms with Crippen molar-refractivity contribution in [3.05, 3.63) is 130 Å². The van der Waals surface area contributed by atoms with Gasteiger partial charge in [-0.25, -0.2) is 0 Å². The zero-order valence-electron chi connectivity index (χ0n) is 18.7. The Bertz CT molecular complexity index is 1480. The summed E-state index contributed by atoms with van der Waals surface area (Å²) in [4.78, 5) is 4.72. The Kier molecular flexibility index (Phi) is 6.99. The van der Waals surface area contributed by atoms with Crippen molar-refractivity contribution in [1.82, 2.24) is 0 Å². The first kappa shape index (κ1) is 23.0. The van der Waals surface area contributed by atoms with Crippen LogP contribution in [0.3, 0.4) is 0 Å². The van der Waals surface area contributed by atoms with Crippen LogP contribution in [0.1, 0.15) is 11.1 Å². The van der Waals surface area contributed by atoms with E-state index in [-0.39, 0.29) is 0 Å². The molecular weight excluding hydrogens is 477 g/mol. The number of halogens is 2. The molecule has 0 unspecified atom stereocenters. The van der Waals surface area contributed by atoms with Crippen LogP contribution in [0.25, 0.3) is 10.8 Å². The smallest absolute Gasteiger partial charge is 0.129 e. The van der Waals surface area contributed by atoms with Crippen molar-refractivity contribution in [2.75, 3.05) is 0 Å². The zero-order chi connectivity index (χ0) is 24.0.